The second-order valence-electron chi connectivity index (χ2n) is 7.09. The van der Waals surface area contributed by atoms with E-state index in [-0.39, 0.29) is 17.5 Å². The number of carbonyl (C=O) groups excluding carboxylic acids is 2. The number of rotatable bonds is 5. The lowest BCUT2D eigenvalue weighted by molar-refractivity contribution is 0.0933. The number of nitriles is 1. The molecule has 2 amide bonds. The first kappa shape index (κ1) is 18.6. The van der Waals surface area contributed by atoms with Gasteiger partial charge in [-0.3, -0.25) is 9.59 Å². The Kier molecular flexibility index (Phi) is 5.55. The van der Waals surface area contributed by atoms with Gasteiger partial charge in [0.25, 0.3) is 11.8 Å². The van der Waals surface area contributed by atoms with Crippen LogP contribution in [0.1, 0.15) is 59.1 Å². The van der Waals surface area contributed by atoms with Crippen LogP contribution in [0, 0.1) is 17.2 Å². The van der Waals surface area contributed by atoms with Crippen LogP contribution < -0.4 is 10.6 Å². The molecule has 0 atom stereocenters. The Labute approximate surface area is 158 Å². The Hall–Kier alpha value is -3.14. The molecule has 1 aliphatic heterocycles. The summed E-state index contributed by atoms with van der Waals surface area (Å²) in [7, 11) is 0. The molecular weight excluding hydrogens is 342 g/mol. The third-order valence-electron chi connectivity index (χ3n) is 4.46. The third-order valence-corrected chi connectivity index (χ3v) is 4.46. The van der Waals surface area contributed by atoms with Crippen LogP contribution >= 0.6 is 0 Å². The SMILES string of the molecule is CC(C)CNC(=O)c1nc(C(=O)Nc2cccc(C#N)c2)c2n1CCCC2. The molecule has 2 heterocycles. The topological polar surface area (TPSA) is 99.8 Å². The van der Waals surface area contributed by atoms with Crippen molar-refractivity contribution < 1.29 is 9.59 Å². The van der Waals surface area contributed by atoms with E-state index < -0.39 is 0 Å². The summed E-state index contributed by atoms with van der Waals surface area (Å²) in [6.07, 6.45) is 2.63. The minimum atomic E-state index is -0.362. The predicted octanol–water partition coefficient (Wildman–Crippen LogP) is 2.73. The van der Waals surface area contributed by atoms with Gasteiger partial charge in [-0.15, -0.1) is 0 Å². The second kappa shape index (κ2) is 8.04. The second-order valence-corrected chi connectivity index (χ2v) is 7.09. The van der Waals surface area contributed by atoms with Crippen molar-refractivity contribution in [3.8, 4) is 6.07 Å². The van der Waals surface area contributed by atoms with Crippen molar-refractivity contribution in [3.05, 3.63) is 47.0 Å². The quantitative estimate of drug-likeness (QED) is 0.851. The van der Waals surface area contributed by atoms with Gasteiger partial charge in [0.05, 0.1) is 17.3 Å². The molecule has 27 heavy (non-hydrogen) atoms. The Morgan fingerprint density at radius 2 is 2.11 bits per heavy atom. The molecule has 0 saturated carbocycles. The molecule has 7 nitrogen and oxygen atoms in total. The molecule has 0 bridgehead atoms. The monoisotopic (exact) mass is 365 g/mol. The normalized spacial score (nSPS) is 13.0. The van der Waals surface area contributed by atoms with Gasteiger partial charge in [-0.05, 0) is 43.4 Å². The first-order chi connectivity index (χ1) is 13.0. The summed E-state index contributed by atoms with van der Waals surface area (Å²) in [5.74, 6) is 0.0113. The zero-order chi connectivity index (χ0) is 19.4. The van der Waals surface area contributed by atoms with E-state index in [0.29, 0.717) is 42.5 Å². The fourth-order valence-corrected chi connectivity index (χ4v) is 3.13. The van der Waals surface area contributed by atoms with Crippen LogP contribution in [0.15, 0.2) is 24.3 Å². The summed E-state index contributed by atoms with van der Waals surface area (Å²) < 4.78 is 1.86. The summed E-state index contributed by atoms with van der Waals surface area (Å²) in [4.78, 5) is 29.7. The van der Waals surface area contributed by atoms with Crippen LogP contribution in [0.3, 0.4) is 0 Å². The highest BCUT2D eigenvalue weighted by Crippen LogP contribution is 2.22. The summed E-state index contributed by atoms with van der Waals surface area (Å²) in [6.45, 7) is 5.29. The molecule has 0 fully saturated rings. The van der Waals surface area contributed by atoms with Gasteiger partial charge in [0.1, 0.15) is 0 Å². The lowest BCUT2D eigenvalue weighted by atomic mass is 10.1. The van der Waals surface area contributed by atoms with Crippen LogP contribution in [-0.2, 0) is 13.0 Å². The number of hydrogen-bond donors (Lipinski definition) is 2. The van der Waals surface area contributed by atoms with Gasteiger partial charge in [-0.1, -0.05) is 19.9 Å². The van der Waals surface area contributed by atoms with Gasteiger partial charge in [-0.2, -0.15) is 5.26 Å². The number of benzene rings is 1. The van der Waals surface area contributed by atoms with Crippen molar-refractivity contribution in [2.75, 3.05) is 11.9 Å². The van der Waals surface area contributed by atoms with Crippen LogP contribution in [-0.4, -0.2) is 27.9 Å². The molecule has 7 heteroatoms. The van der Waals surface area contributed by atoms with E-state index in [4.69, 9.17) is 5.26 Å². The maximum Gasteiger partial charge on any atom is 0.287 e. The average molecular weight is 365 g/mol. The standard InChI is InChI=1S/C20H23N5O2/c1-13(2)12-22-20(27)18-24-17(16-8-3-4-9-25(16)18)19(26)23-15-7-5-6-14(10-15)11-21/h5-7,10,13H,3-4,8-9,12H2,1-2H3,(H,22,27)(H,23,26). The number of nitrogens with one attached hydrogen (secondary N) is 2. The number of anilines is 1. The maximum atomic E-state index is 12.8. The number of carbonyl (C=O) groups is 2. The van der Waals surface area contributed by atoms with E-state index in [1.807, 2.05) is 24.5 Å². The van der Waals surface area contributed by atoms with Crippen molar-refractivity contribution in [1.29, 1.82) is 5.26 Å². The molecular formula is C20H23N5O2. The first-order valence-corrected chi connectivity index (χ1v) is 9.18. The molecule has 3 rings (SSSR count). The van der Waals surface area contributed by atoms with E-state index in [0.717, 1.165) is 18.5 Å². The van der Waals surface area contributed by atoms with Gasteiger partial charge in [-0.25, -0.2) is 4.98 Å². The van der Waals surface area contributed by atoms with Crippen LogP contribution in [0.25, 0.3) is 0 Å². The minimum absolute atomic E-state index is 0.252. The van der Waals surface area contributed by atoms with E-state index in [9.17, 15) is 9.59 Å². The number of nitrogens with zero attached hydrogens (tertiary/aromatic N) is 3. The Morgan fingerprint density at radius 3 is 2.85 bits per heavy atom. The fraction of sp³-hybridized carbons (Fsp3) is 0.400. The number of amides is 2. The average Bonchev–Trinajstić information content (AvgIpc) is 3.06. The molecule has 0 spiro atoms. The van der Waals surface area contributed by atoms with E-state index >= 15 is 0 Å². The zero-order valence-electron chi connectivity index (χ0n) is 15.6. The molecule has 0 radical (unpaired) electrons. The van der Waals surface area contributed by atoms with Gasteiger partial charge in [0, 0.05) is 18.8 Å². The summed E-state index contributed by atoms with van der Waals surface area (Å²) in [6, 6.07) is 8.76. The van der Waals surface area contributed by atoms with Gasteiger partial charge >= 0.3 is 0 Å². The van der Waals surface area contributed by atoms with E-state index in [1.54, 1.807) is 24.3 Å². The minimum Gasteiger partial charge on any atom is -0.349 e. The summed E-state index contributed by atoms with van der Waals surface area (Å²) in [5, 5.41) is 14.7. The largest absolute Gasteiger partial charge is 0.349 e. The van der Waals surface area contributed by atoms with Gasteiger partial charge in [0.2, 0.25) is 0 Å². The number of hydrogen-bond acceptors (Lipinski definition) is 4. The fourth-order valence-electron chi connectivity index (χ4n) is 3.13. The van der Waals surface area contributed by atoms with Gasteiger partial charge < -0.3 is 15.2 Å². The molecule has 0 saturated heterocycles. The van der Waals surface area contributed by atoms with Crippen LogP contribution in [0.2, 0.25) is 0 Å². The molecule has 0 unspecified atom stereocenters. The van der Waals surface area contributed by atoms with Gasteiger partial charge in [0.15, 0.2) is 11.5 Å². The van der Waals surface area contributed by atoms with Crippen molar-refractivity contribution in [2.24, 2.45) is 5.92 Å². The molecule has 1 aromatic heterocycles. The smallest absolute Gasteiger partial charge is 0.287 e. The summed E-state index contributed by atoms with van der Waals surface area (Å²) >= 11 is 0. The zero-order valence-corrected chi connectivity index (χ0v) is 15.6. The van der Waals surface area contributed by atoms with Crippen molar-refractivity contribution in [1.82, 2.24) is 14.9 Å². The molecule has 140 valence electrons. The Morgan fingerprint density at radius 1 is 1.30 bits per heavy atom. The lowest BCUT2D eigenvalue weighted by Gasteiger charge is -2.17. The Bertz CT molecular complexity index is 908. The number of fused-ring (bicyclic) bond motifs is 1. The predicted molar refractivity (Wildman–Crippen MR) is 101 cm³/mol. The lowest BCUT2D eigenvalue weighted by Crippen LogP contribution is -2.30. The maximum absolute atomic E-state index is 12.8. The van der Waals surface area contributed by atoms with Crippen molar-refractivity contribution in [2.45, 2.75) is 39.7 Å². The van der Waals surface area contributed by atoms with E-state index in [2.05, 4.69) is 15.6 Å². The highest BCUT2D eigenvalue weighted by atomic mass is 16.2. The van der Waals surface area contributed by atoms with Crippen LogP contribution in [0.5, 0.6) is 0 Å². The molecule has 1 aliphatic rings. The summed E-state index contributed by atoms with van der Waals surface area (Å²) in [5.41, 5.74) is 2.08. The van der Waals surface area contributed by atoms with Crippen LogP contribution in [0.4, 0.5) is 5.69 Å². The molecule has 2 aromatic rings. The molecule has 0 aliphatic carbocycles. The highest BCUT2D eigenvalue weighted by molar-refractivity contribution is 6.05. The highest BCUT2D eigenvalue weighted by Gasteiger charge is 2.27. The van der Waals surface area contributed by atoms with Crippen molar-refractivity contribution >= 4 is 17.5 Å². The number of aromatic nitrogens is 2. The van der Waals surface area contributed by atoms with E-state index in [1.165, 1.54) is 0 Å². The molecule has 2 N–H and O–H groups in total. The third kappa shape index (κ3) is 4.17. The van der Waals surface area contributed by atoms with Crippen molar-refractivity contribution in [3.63, 3.8) is 0 Å². The first-order valence-electron chi connectivity index (χ1n) is 9.18. The molecule has 1 aromatic carbocycles. The number of imidazole rings is 1. The Balaban J connectivity index is 1.87.